The predicted molar refractivity (Wildman–Crippen MR) is 294 cm³/mol. The maximum Gasteiger partial charge on any atom is 1.00 e. The van der Waals surface area contributed by atoms with Gasteiger partial charge in [-0.05, 0) is 134 Å². The van der Waals surface area contributed by atoms with Gasteiger partial charge in [0.2, 0.25) is 0 Å². The van der Waals surface area contributed by atoms with E-state index < -0.39 is 11.6 Å². The average Bonchev–Trinajstić information content (AvgIpc) is 3.88. The van der Waals surface area contributed by atoms with Gasteiger partial charge in [0.25, 0.3) is 0 Å². The Morgan fingerprint density at radius 3 is 2.22 bits per heavy atom. The van der Waals surface area contributed by atoms with E-state index in [-0.39, 0.29) is 58.7 Å². The van der Waals surface area contributed by atoms with E-state index in [4.69, 9.17) is 22.4 Å². The molecule has 2 aliphatic carbocycles. The minimum absolute atomic E-state index is 0. The first-order chi connectivity index (χ1) is 33.6. The minimum Gasteiger partial charge on any atom is -0.399 e. The van der Waals surface area contributed by atoms with Crippen LogP contribution in [0.5, 0.6) is 0 Å². The quantitative estimate of drug-likeness (QED) is 0.107. The number of likely N-dealkylation sites (tertiary alicyclic amines) is 2. The van der Waals surface area contributed by atoms with Crippen LogP contribution in [0, 0.1) is 30.4 Å². The molecule has 4 fully saturated rings. The molecule has 5 aliphatic rings. The van der Waals surface area contributed by atoms with Gasteiger partial charge in [0.05, 0.1) is 10.5 Å². The Kier molecular flexibility index (Phi) is 17.7. The Hall–Kier alpha value is -4.38. The van der Waals surface area contributed by atoms with Gasteiger partial charge in [-0.25, -0.2) is 8.78 Å². The molecule has 1 saturated carbocycles. The topological polar surface area (TPSA) is 65.6 Å². The summed E-state index contributed by atoms with van der Waals surface area (Å²) in [6.07, 6.45) is 14.7. The first-order valence-electron chi connectivity index (χ1n) is 25.9. The summed E-state index contributed by atoms with van der Waals surface area (Å²) in [6, 6.07) is 22.1. The van der Waals surface area contributed by atoms with E-state index in [9.17, 15) is 4.39 Å². The number of piperidine rings is 2. The van der Waals surface area contributed by atoms with E-state index in [2.05, 4.69) is 97.6 Å². The normalized spacial score (nSPS) is 20.5. The molecule has 11 heteroatoms. The molecule has 72 heavy (non-hydrogen) atoms. The molecule has 10 rings (SSSR count). The second kappa shape index (κ2) is 23.0. The van der Waals surface area contributed by atoms with Gasteiger partial charge in [0.1, 0.15) is 17.5 Å². The van der Waals surface area contributed by atoms with Crippen LogP contribution in [-0.2, 0) is 31.7 Å². The van der Waals surface area contributed by atoms with Crippen LogP contribution < -0.4 is 45.5 Å². The maximum atomic E-state index is 15.6. The number of hydrogen-bond acceptors (Lipinski definition) is 6. The van der Waals surface area contributed by atoms with Crippen LogP contribution in [0.1, 0.15) is 124 Å². The molecule has 3 aliphatic heterocycles. The first-order valence-corrected chi connectivity index (χ1v) is 26.3. The summed E-state index contributed by atoms with van der Waals surface area (Å²) < 4.78 is 32.5. The van der Waals surface area contributed by atoms with Gasteiger partial charge in [0.15, 0.2) is 5.82 Å². The Bertz CT molecular complexity index is 2800. The third-order valence-electron chi connectivity index (χ3n) is 16.7. The van der Waals surface area contributed by atoms with Crippen molar-refractivity contribution >= 4 is 34.0 Å². The van der Waals surface area contributed by atoms with Crippen LogP contribution in [-0.4, -0.2) is 58.8 Å². The number of nitrogens with two attached hydrogens (primary N) is 1. The number of allylic oxidation sites excluding steroid dienone is 1. The summed E-state index contributed by atoms with van der Waals surface area (Å²) in [5.41, 5.74) is 16.1. The van der Waals surface area contributed by atoms with Crippen molar-refractivity contribution in [2.45, 2.75) is 116 Å². The second-order valence-corrected chi connectivity index (χ2v) is 22.2. The third kappa shape index (κ3) is 11.3. The van der Waals surface area contributed by atoms with Crippen LogP contribution in [0.25, 0.3) is 27.7 Å². The Morgan fingerprint density at radius 2 is 1.57 bits per heavy atom. The largest absolute Gasteiger partial charge is 1.00 e. The zero-order valence-electron chi connectivity index (χ0n) is 44.2. The predicted octanol–water partition coefficient (Wildman–Crippen LogP) is 11.0. The summed E-state index contributed by atoms with van der Waals surface area (Å²) in [6.45, 7) is 30.1. The number of benzene rings is 4. The average molecular weight is 1000 g/mol. The number of fused-ring (bicyclic) bond motifs is 2. The van der Waals surface area contributed by atoms with E-state index in [1.54, 1.807) is 12.1 Å². The Balaban J connectivity index is 0.000000214. The Morgan fingerprint density at radius 1 is 0.875 bits per heavy atom. The fraction of sp³-hybridized carbons (Fsp3) is 0.443. The molecule has 0 bridgehead atoms. The molecular formula is C61H77ClF2N7Na. The van der Waals surface area contributed by atoms with Crippen molar-refractivity contribution in [2.75, 3.05) is 44.2 Å². The third-order valence-corrected chi connectivity index (χ3v) is 17.1. The summed E-state index contributed by atoms with van der Waals surface area (Å²) in [7, 11) is 2.06. The van der Waals surface area contributed by atoms with Gasteiger partial charge in [-0.1, -0.05) is 126 Å². The number of aromatic nitrogens is 2. The molecule has 378 valence electrons. The van der Waals surface area contributed by atoms with E-state index >= 15 is 4.39 Å². The second-order valence-electron chi connectivity index (χ2n) is 21.8. The maximum absolute atomic E-state index is 15.6. The first kappa shape index (κ1) is 55.4. The molecule has 3 saturated heterocycles. The zero-order chi connectivity index (χ0) is 49.5. The van der Waals surface area contributed by atoms with Crippen LogP contribution >= 0.6 is 11.6 Å². The van der Waals surface area contributed by atoms with Crippen molar-refractivity contribution in [3.63, 3.8) is 0 Å². The van der Waals surface area contributed by atoms with Crippen LogP contribution in [0.3, 0.4) is 0 Å². The minimum atomic E-state index is -0.544. The molecule has 1 aromatic heterocycles. The number of nitrogens with zero attached hydrogens (tertiary/aromatic N) is 5. The van der Waals surface area contributed by atoms with Gasteiger partial charge >= 0.3 is 29.6 Å². The van der Waals surface area contributed by atoms with E-state index in [1.165, 1.54) is 119 Å². The summed E-state index contributed by atoms with van der Waals surface area (Å²) >= 11 is 6.48. The van der Waals surface area contributed by atoms with Crippen molar-refractivity contribution in [3.05, 3.63) is 168 Å². The van der Waals surface area contributed by atoms with Gasteiger partial charge in [0, 0.05) is 84.2 Å². The van der Waals surface area contributed by atoms with Gasteiger partial charge in [-0.3, -0.25) is 4.68 Å². The van der Waals surface area contributed by atoms with Gasteiger partial charge in [-0.2, -0.15) is 5.10 Å². The van der Waals surface area contributed by atoms with Gasteiger partial charge < -0.3 is 33.2 Å². The molecule has 1 atom stereocenters. The fourth-order valence-corrected chi connectivity index (χ4v) is 12.7. The standard InChI is InChI=1S/C34H50N6.C26H24ClF2N.CH3.Na/c1-25-13-20-40(27(3)35-25)33-31-12-11-30(23-32(31)37(5)36-33)29-14-18-38(19-15-29)24-34(4)16-21-39(22-17-34)26(2)28-9-7-6-8-10-28;1-4-16-10-11-19(15(2)30)23(25(16)29)22-20-14-26(3,18-8-6-5-7-9-18)13-17(20)12-21(28)24(22)27;;/h11-12,23,28-29,35H,1-3,6-10,13-22,24H2,4-5H3;5-12H,2,4,13-14,30H2,1,3H3;1H3;/q;;-1;+1. The molecule has 0 spiro atoms. The van der Waals surface area contributed by atoms with E-state index in [0.717, 1.165) is 52.9 Å². The summed E-state index contributed by atoms with van der Waals surface area (Å²) in [5.74, 6) is 2.27. The van der Waals surface area contributed by atoms with Crippen molar-refractivity contribution in [2.24, 2.45) is 24.1 Å². The van der Waals surface area contributed by atoms with Crippen molar-refractivity contribution < 1.29 is 38.3 Å². The van der Waals surface area contributed by atoms with Crippen LogP contribution in [0.15, 0.2) is 110 Å². The number of halogens is 3. The van der Waals surface area contributed by atoms with Crippen molar-refractivity contribution in [1.82, 2.24) is 24.9 Å². The molecule has 0 radical (unpaired) electrons. The Labute approximate surface area is 456 Å². The molecular weight excluding hydrogens is 927 g/mol. The smallest absolute Gasteiger partial charge is 0.399 e. The SMILES string of the molecule is C=C(N)c1ccc(CC)c(F)c1-c1c(Cl)c(F)cc2c1CC(C)(c1ccccc1)C2.C=C1CCN(c2nn(C)c3cc(C4CCN(CC5(C)CCN(C(=C)C6CCCCC6)CC5)CC4)ccc23)C(=C)N1.[CH3-].[Na+]. The zero-order valence-corrected chi connectivity index (χ0v) is 47.0. The number of anilines is 1. The van der Waals surface area contributed by atoms with Crippen LogP contribution in [0.4, 0.5) is 14.6 Å². The fourth-order valence-electron chi connectivity index (χ4n) is 12.5. The molecule has 4 aromatic carbocycles. The van der Waals surface area contributed by atoms with Crippen molar-refractivity contribution in [1.29, 1.82) is 0 Å². The molecule has 7 nitrogen and oxygen atoms in total. The van der Waals surface area contributed by atoms with E-state index in [0.29, 0.717) is 47.3 Å². The summed E-state index contributed by atoms with van der Waals surface area (Å²) in [4.78, 5) is 7.58. The molecule has 5 aromatic rings. The number of hydrogen-bond donors (Lipinski definition) is 2. The van der Waals surface area contributed by atoms with Crippen molar-refractivity contribution in [3.8, 4) is 11.1 Å². The summed E-state index contributed by atoms with van der Waals surface area (Å²) in [5, 5.41) is 9.33. The molecule has 0 amide bonds. The monoisotopic (exact) mass is 1000 g/mol. The molecule has 1 unspecified atom stereocenters. The number of rotatable bonds is 10. The number of aryl methyl sites for hydroxylation is 2. The van der Waals surface area contributed by atoms with Crippen LogP contribution in [0.2, 0.25) is 5.02 Å². The van der Waals surface area contributed by atoms with Gasteiger partial charge in [-0.15, -0.1) is 0 Å². The number of nitrogens with one attached hydrogen (secondary N) is 1. The molecule has 3 N–H and O–H groups in total. The van der Waals surface area contributed by atoms with E-state index in [1.807, 2.05) is 29.8 Å². The molecule has 4 heterocycles.